The Labute approximate surface area is 125 Å². The van der Waals surface area contributed by atoms with Crippen molar-refractivity contribution in [2.75, 3.05) is 20.2 Å². The molecule has 4 nitrogen and oxygen atoms in total. The standard InChI is InChI=1S/C14H15BrFNO3/c1-20-14(19)9-4-6-17(7-5-9)13(18)11-3-2-10(15)8-12(11)16/h2-3,8-9H,4-7H2,1H3. The number of hydrogen-bond acceptors (Lipinski definition) is 3. The van der Waals surface area contributed by atoms with Crippen molar-refractivity contribution >= 4 is 27.8 Å². The van der Waals surface area contributed by atoms with Gasteiger partial charge in [-0.25, -0.2) is 4.39 Å². The number of carbonyl (C=O) groups is 2. The van der Waals surface area contributed by atoms with E-state index in [1.807, 2.05) is 0 Å². The number of hydrogen-bond donors (Lipinski definition) is 0. The van der Waals surface area contributed by atoms with Gasteiger partial charge in [0.25, 0.3) is 5.91 Å². The summed E-state index contributed by atoms with van der Waals surface area (Å²) in [4.78, 5) is 25.2. The van der Waals surface area contributed by atoms with Crippen molar-refractivity contribution < 1.29 is 18.7 Å². The SMILES string of the molecule is COC(=O)C1CCN(C(=O)c2ccc(Br)cc2F)CC1. The number of halogens is 2. The van der Waals surface area contributed by atoms with Gasteiger partial charge in [0, 0.05) is 17.6 Å². The molecule has 108 valence electrons. The zero-order valence-corrected chi connectivity index (χ0v) is 12.7. The largest absolute Gasteiger partial charge is 0.469 e. The molecule has 0 atom stereocenters. The van der Waals surface area contributed by atoms with Gasteiger partial charge in [-0.15, -0.1) is 0 Å². The summed E-state index contributed by atoms with van der Waals surface area (Å²) >= 11 is 3.16. The molecule has 0 spiro atoms. The zero-order chi connectivity index (χ0) is 14.7. The molecule has 1 heterocycles. The molecule has 0 aliphatic carbocycles. The minimum atomic E-state index is -0.542. The van der Waals surface area contributed by atoms with Crippen LogP contribution in [-0.4, -0.2) is 37.0 Å². The molecule has 20 heavy (non-hydrogen) atoms. The van der Waals surface area contributed by atoms with E-state index in [0.717, 1.165) is 0 Å². The van der Waals surface area contributed by atoms with Crippen molar-refractivity contribution in [2.24, 2.45) is 5.92 Å². The molecule has 1 amide bonds. The molecule has 2 rings (SSSR count). The minimum absolute atomic E-state index is 0.0599. The van der Waals surface area contributed by atoms with Crippen LogP contribution in [0.5, 0.6) is 0 Å². The summed E-state index contributed by atoms with van der Waals surface area (Å²) in [5.41, 5.74) is 0.0599. The van der Waals surface area contributed by atoms with Gasteiger partial charge in [-0.2, -0.15) is 0 Å². The minimum Gasteiger partial charge on any atom is -0.469 e. The van der Waals surface area contributed by atoms with E-state index in [1.54, 1.807) is 11.0 Å². The molecule has 1 aromatic rings. The highest BCUT2D eigenvalue weighted by molar-refractivity contribution is 9.10. The number of ether oxygens (including phenoxy) is 1. The van der Waals surface area contributed by atoms with Gasteiger partial charge in [0.05, 0.1) is 18.6 Å². The molecule has 1 aromatic carbocycles. The maximum Gasteiger partial charge on any atom is 0.308 e. The van der Waals surface area contributed by atoms with E-state index in [0.29, 0.717) is 30.4 Å². The average molecular weight is 344 g/mol. The Morgan fingerprint density at radius 1 is 1.35 bits per heavy atom. The van der Waals surface area contributed by atoms with Crippen LogP contribution in [0.2, 0.25) is 0 Å². The summed E-state index contributed by atoms with van der Waals surface area (Å²) < 4.78 is 19.1. The van der Waals surface area contributed by atoms with Crippen LogP contribution in [0.3, 0.4) is 0 Å². The summed E-state index contributed by atoms with van der Waals surface area (Å²) in [7, 11) is 1.36. The molecule has 0 N–H and O–H groups in total. The van der Waals surface area contributed by atoms with E-state index in [2.05, 4.69) is 15.9 Å². The van der Waals surface area contributed by atoms with Gasteiger partial charge in [-0.3, -0.25) is 9.59 Å². The number of benzene rings is 1. The average Bonchev–Trinajstić information content (AvgIpc) is 2.46. The molecular formula is C14H15BrFNO3. The van der Waals surface area contributed by atoms with Gasteiger partial charge in [-0.05, 0) is 31.0 Å². The molecule has 1 aliphatic heterocycles. The maximum atomic E-state index is 13.8. The van der Waals surface area contributed by atoms with E-state index in [9.17, 15) is 14.0 Å². The lowest BCUT2D eigenvalue weighted by Gasteiger charge is -2.30. The van der Waals surface area contributed by atoms with Crippen LogP contribution in [0.4, 0.5) is 4.39 Å². The van der Waals surface area contributed by atoms with Gasteiger partial charge in [0.2, 0.25) is 0 Å². The molecule has 1 saturated heterocycles. The summed E-state index contributed by atoms with van der Waals surface area (Å²) in [6.45, 7) is 0.877. The number of esters is 1. The lowest BCUT2D eigenvalue weighted by Crippen LogP contribution is -2.40. The fourth-order valence-electron chi connectivity index (χ4n) is 2.32. The van der Waals surface area contributed by atoms with Gasteiger partial charge in [0.15, 0.2) is 0 Å². The van der Waals surface area contributed by atoms with Crippen LogP contribution < -0.4 is 0 Å². The van der Waals surface area contributed by atoms with Gasteiger partial charge in [-0.1, -0.05) is 15.9 Å². The Morgan fingerprint density at radius 2 is 2.00 bits per heavy atom. The third kappa shape index (κ3) is 3.17. The maximum absolute atomic E-state index is 13.8. The Morgan fingerprint density at radius 3 is 2.55 bits per heavy atom. The first kappa shape index (κ1) is 15.0. The summed E-state index contributed by atoms with van der Waals surface area (Å²) in [6.07, 6.45) is 1.10. The zero-order valence-electron chi connectivity index (χ0n) is 11.1. The normalized spacial score (nSPS) is 16.1. The van der Waals surface area contributed by atoms with Crippen LogP contribution >= 0.6 is 15.9 Å². The highest BCUT2D eigenvalue weighted by Crippen LogP contribution is 2.22. The Balaban J connectivity index is 2.03. The van der Waals surface area contributed by atoms with E-state index in [4.69, 9.17) is 4.74 Å². The monoisotopic (exact) mass is 343 g/mol. The molecule has 6 heteroatoms. The predicted molar refractivity (Wildman–Crippen MR) is 74.7 cm³/mol. The fourth-order valence-corrected chi connectivity index (χ4v) is 2.65. The van der Waals surface area contributed by atoms with E-state index in [1.165, 1.54) is 19.2 Å². The predicted octanol–water partition coefficient (Wildman–Crippen LogP) is 2.61. The van der Waals surface area contributed by atoms with Crippen molar-refractivity contribution in [3.8, 4) is 0 Å². The lowest BCUT2D eigenvalue weighted by molar-refractivity contribution is -0.146. The van der Waals surface area contributed by atoms with E-state index >= 15 is 0 Å². The topological polar surface area (TPSA) is 46.6 Å². The Kier molecular flexibility index (Phi) is 4.75. The van der Waals surface area contributed by atoms with Crippen molar-refractivity contribution in [1.82, 2.24) is 4.90 Å². The molecular weight excluding hydrogens is 329 g/mol. The first-order valence-electron chi connectivity index (χ1n) is 6.35. The quantitative estimate of drug-likeness (QED) is 0.775. The third-order valence-corrected chi connectivity index (χ3v) is 3.97. The van der Waals surface area contributed by atoms with Crippen molar-refractivity contribution in [1.29, 1.82) is 0 Å². The Hall–Kier alpha value is -1.43. The van der Waals surface area contributed by atoms with Gasteiger partial charge < -0.3 is 9.64 Å². The van der Waals surface area contributed by atoms with Crippen LogP contribution in [-0.2, 0) is 9.53 Å². The number of carbonyl (C=O) groups excluding carboxylic acids is 2. The highest BCUT2D eigenvalue weighted by Gasteiger charge is 2.29. The van der Waals surface area contributed by atoms with Crippen molar-refractivity contribution in [3.05, 3.63) is 34.1 Å². The number of methoxy groups -OCH3 is 1. The first-order chi connectivity index (χ1) is 9.52. The number of likely N-dealkylation sites (tertiary alicyclic amines) is 1. The van der Waals surface area contributed by atoms with Gasteiger partial charge in [0.1, 0.15) is 5.82 Å². The van der Waals surface area contributed by atoms with Crippen LogP contribution in [0.1, 0.15) is 23.2 Å². The summed E-state index contributed by atoms with van der Waals surface area (Å²) in [6, 6.07) is 4.38. The van der Waals surface area contributed by atoms with Crippen molar-refractivity contribution in [2.45, 2.75) is 12.8 Å². The van der Waals surface area contributed by atoms with Crippen LogP contribution in [0.15, 0.2) is 22.7 Å². The van der Waals surface area contributed by atoms with Gasteiger partial charge >= 0.3 is 5.97 Å². The lowest BCUT2D eigenvalue weighted by atomic mass is 9.96. The molecule has 0 saturated carbocycles. The van der Waals surface area contributed by atoms with Crippen LogP contribution in [0, 0.1) is 11.7 Å². The molecule has 1 aliphatic rings. The van der Waals surface area contributed by atoms with E-state index in [-0.39, 0.29) is 23.4 Å². The fraction of sp³-hybridized carbons (Fsp3) is 0.429. The van der Waals surface area contributed by atoms with E-state index < -0.39 is 5.82 Å². The molecule has 0 bridgehead atoms. The molecule has 0 unspecified atom stereocenters. The summed E-state index contributed by atoms with van der Waals surface area (Å²) in [5, 5.41) is 0. The third-order valence-electron chi connectivity index (χ3n) is 3.48. The second kappa shape index (κ2) is 6.35. The number of nitrogens with zero attached hydrogens (tertiary/aromatic N) is 1. The highest BCUT2D eigenvalue weighted by atomic mass is 79.9. The molecule has 1 fully saturated rings. The number of amides is 1. The molecule has 0 aromatic heterocycles. The number of piperidine rings is 1. The first-order valence-corrected chi connectivity index (χ1v) is 7.14. The second-order valence-electron chi connectivity index (χ2n) is 4.71. The summed E-state index contributed by atoms with van der Waals surface area (Å²) in [5.74, 6) is -1.29. The Bertz CT molecular complexity index is 527. The number of rotatable bonds is 2. The van der Waals surface area contributed by atoms with Crippen molar-refractivity contribution in [3.63, 3.8) is 0 Å². The second-order valence-corrected chi connectivity index (χ2v) is 5.63. The smallest absolute Gasteiger partial charge is 0.308 e. The molecule has 0 radical (unpaired) electrons. The van der Waals surface area contributed by atoms with Crippen LogP contribution in [0.25, 0.3) is 0 Å².